The monoisotopic (exact) mass is 337 g/mol. The molecule has 0 spiro atoms. The smallest absolute Gasteiger partial charge is 0.342 e. The first-order valence-electron chi connectivity index (χ1n) is 7.82. The fraction of sp³-hybridized carbons (Fsp3) is 0.529. The molecule has 1 aromatic rings. The molecule has 0 atom stereocenters. The Labute approximate surface area is 141 Å². The van der Waals surface area contributed by atoms with Gasteiger partial charge in [-0.05, 0) is 37.3 Å². The van der Waals surface area contributed by atoms with Gasteiger partial charge in [-0.15, -0.1) is 11.8 Å². The highest BCUT2D eigenvalue weighted by molar-refractivity contribution is 7.98. The molecule has 0 radical (unpaired) electrons. The number of ether oxygens (including phenoxy) is 2. The number of esters is 1. The molecule has 1 aliphatic rings. The number of methoxy groups -OCH3 is 1. The lowest BCUT2D eigenvalue weighted by Crippen LogP contribution is -2.35. The van der Waals surface area contributed by atoms with E-state index in [0.717, 1.165) is 43.7 Å². The molecule has 0 unspecified atom stereocenters. The largest absolute Gasteiger partial charge is 0.496 e. The second-order valence-corrected chi connectivity index (χ2v) is 6.32. The molecular weight excluding hydrogens is 314 g/mol. The number of hydrogen-bond acceptors (Lipinski definition) is 5. The molecule has 1 fully saturated rings. The Bertz CT molecular complexity index is 554. The van der Waals surface area contributed by atoms with Gasteiger partial charge >= 0.3 is 5.97 Å². The molecule has 1 aromatic carbocycles. The van der Waals surface area contributed by atoms with Gasteiger partial charge in [0, 0.05) is 18.0 Å². The second-order valence-electron chi connectivity index (χ2n) is 5.44. The van der Waals surface area contributed by atoms with Crippen molar-refractivity contribution in [2.75, 3.05) is 33.1 Å². The van der Waals surface area contributed by atoms with E-state index in [-0.39, 0.29) is 12.5 Å². The molecule has 0 bridgehead atoms. The van der Waals surface area contributed by atoms with Crippen molar-refractivity contribution < 1.29 is 19.1 Å². The van der Waals surface area contributed by atoms with Gasteiger partial charge in [-0.2, -0.15) is 0 Å². The predicted octanol–water partition coefficient (Wildman–Crippen LogP) is 2.98. The number of thioether (sulfide) groups is 1. The average Bonchev–Trinajstić information content (AvgIpc) is 2.88. The molecule has 1 heterocycles. The molecule has 1 saturated heterocycles. The van der Waals surface area contributed by atoms with Crippen LogP contribution >= 0.6 is 11.8 Å². The van der Waals surface area contributed by atoms with Crippen LogP contribution in [0.1, 0.15) is 36.0 Å². The zero-order chi connectivity index (χ0) is 16.7. The van der Waals surface area contributed by atoms with Crippen LogP contribution in [0.25, 0.3) is 0 Å². The summed E-state index contributed by atoms with van der Waals surface area (Å²) in [7, 11) is 1.51. The Morgan fingerprint density at radius 1 is 1.17 bits per heavy atom. The molecule has 0 N–H and O–H groups in total. The van der Waals surface area contributed by atoms with Crippen molar-refractivity contribution in [1.82, 2.24) is 4.90 Å². The highest BCUT2D eigenvalue weighted by Crippen LogP contribution is 2.25. The molecule has 2 rings (SSSR count). The Balaban J connectivity index is 1.95. The SMILES string of the molecule is COc1cc(SC)ccc1C(=O)OCC(=O)N1CCCCCC1. The van der Waals surface area contributed by atoms with E-state index < -0.39 is 5.97 Å². The van der Waals surface area contributed by atoms with Crippen LogP contribution in [0.15, 0.2) is 23.1 Å². The Kier molecular flexibility index (Phi) is 6.77. The van der Waals surface area contributed by atoms with Gasteiger partial charge in [-0.25, -0.2) is 4.79 Å². The fourth-order valence-electron chi connectivity index (χ4n) is 2.58. The maximum atomic E-state index is 12.2. The van der Waals surface area contributed by atoms with Crippen LogP contribution in [0, 0.1) is 0 Å². The van der Waals surface area contributed by atoms with Gasteiger partial charge in [-0.3, -0.25) is 4.79 Å². The van der Waals surface area contributed by atoms with Gasteiger partial charge in [0.15, 0.2) is 6.61 Å². The Morgan fingerprint density at radius 2 is 1.87 bits per heavy atom. The summed E-state index contributed by atoms with van der Waals surface area (Å²) in [5, 5.41) is 0. The number of hydrogen-bond donors (Lipinski definition) is 0. The maximum Gasteiger partial charge on any atom is 0.342 e. The molecular formula is C17H23NO4S. The number of likely N-dealkylation sites (tertiary alicyclic amines) is 1. The first-order chi connectivity index (χ1) is 11.2. The summed E-state index contributed by atoms with van der Waals surface area (Å²) in [4.78, 5) is 27.1. The summed E-state index contributed by atoms with van der Waals surface area (Å²) in [5.41, 5.74) is 0.342. The van der Waals surface area contributed by atoms with Crippen LogP contribution in [-0.2, 0) is 9.53 Å². The van der Waals surface area contributed by atoms with E-state index in [9.17, 15) is 9.59 Å². The maximum absolute atomic E-state index is 12.2. The molecule has 6 heteroatoms. The summed E-state index contributed by atoms with van der Waals surface area (Å²) < 4.78 is 10.4. The number of rotatable bonds is 5. The summed E-state index contributed by atoms with van der Waals surface area (Å²) in [6.45, 7) is 1.29. The van der Waals surface area contributed by atoms with Gasteiger partial charge < -0.3 is 14.4 Å². The highest BCUT2D eigenvalue weighted by Gasteiger charge is 2.19. The molecule has 0 aromatic heterocycles. The first kappa shape index (κ1) is 17.7. The van der Waals surface area contributed by atoms with Crippen molar-refractivity contribution in [2.45, 2.75) is 30.6 Å². The zero-order valence-corrected chi connectivity index (χ0v) is 14.5. The number of carbonyl (C=O) groups is 2. The lowest BCUT2D eigenvalue weighted by molar-refractivity contribution is -0.134. The Hall–Kier alpha value is -1.69. The van der Waals surface area contributed by atoms with Crippen molar-refractivity contribution in [3.8, 4) is 5.75 Å². The number of carbonyl (C=O) groups excluding carboxylic acids is 2. The molecule has 1 amide bonds. The van der Waals surface area contributed by atoms with E-state index >= 15 is 0 Å². The van der Waals surface area contributed by atoms with Crippen molar-refractivity contribution >= 4 is 23.6 Å². The standard InChI is InChI=1S/C17H23NO4S/c1-21-15-11-13(23-2)7-8-14(15)17(20)22-12-16(19)18-9-5-3-4-6-10-18/h7-8,11H,3-6,9-10,12H2,1-2H3. The molecule has 126 valence electrons. The second kappa shape index (κ2) is 8.82. The number of nitrogens with zero attached hydrogens (tertiary/aromatic N) is 1. The van der Waals surface area contributed by atoms with Crippen LogP contribution in [-0.4, -0.2) is 49.8 Å². The van der Waals surface area contributed by atoms with E-state index in [2.05, 4.69) is 0 Å². The minimum atomic E-state index is -0.530. The highest BCUT2D eigenvalue weighted by atomic mass is 32.2. The van der Waals surface area contributed by atoms with Crippen molar-refractivity contribution in [1.29, 1.82) is 0 Å². The molecule has 0 aliphatic carbocycles. The van der Waals surface area contributed by atoms with E-state index in [1.165, 1.54) is 7.11 Å². The third-order valence-electron chi connectivity index (χ3n) is 3.91. The van der Waals surface area contributed by atoms with E-state index in [0.29, 0.717) is 11.3 Å². The minimum absolute atomic E-state index is 0.125. The van der Waals surface area contributed by atoms with Crippen LogP contribution in [0.3, 0.4) is 0 Å². The van der Waals surface area contributed by atoms with E-state index in [1.54, 1.807) is 28.8 Å². The van der Waals surface area contributed by atoms with Crippen molar-refractivity contribution in [3.63, 3.8) is 0 Å². The third kappa shape index (κ3) is 4.89. The van der Waals surface area contributed by atoms with Gasteiger partial charge in [-0.1, -0.05) is 12.8 Å². The molecule has 23 heavy (non-hydrogen) atoms. The molecule has 5 nitrogen and oxygen atoms in total. The lowest BCUT2D eigenvalue weighted by atomic mass is 10.2. The van der Waals surface area contributed by atoms with Gasteiger partial charge in [0.05, 0.1) is 7.11 Å². The normalized spacial score (nSPS) is 15.0. The van der Waals surface area contributed by atoms with Crippen LogP contribution in [0.2, 0.25) is 0 Å². The van der Waals surface area contributed by atoms with E-state index in [4.69, 9.17) is 9.47 Å². The lowest BCUT2D eigenvalue weighted by Gasteiger charge is -2.20. The number of benzene rings is 1. The molecule has 0 saturated carbocycles. The van der Waals surface area contributed by atoms with Crippen molar-refractivity contribution in [3.05, 3.63) is 23.8 Å². The van der Waals surface area contributed by atoms with Gasteiger partial charge in [0.25, 0.3) is 5.91 Å². The molecule has 1 aliphatic heterocycles. The summed E-state index contributed by atoms with van der Waals surface area (Å²) >= 11 is 1.56. The zero-order valence-electron chi connectivity index (χ0n) is 13.7. The quantitative estimate of drug-likeness (QED) is 0.611. The Morgan fingerprint density at radius 3 is 2.48 bits per heavy atom. The minimum Gasteiger partial charge on any atom is -0.496 e. The van der Waals surface area contributed by atoms with Gasteiger partial charge in [0.2, 0.25) is 0 Å². The predicted molar refractivity (Wildman–Crippen MR) is 90.1 cm³/mol. The topological polar surface area (TPSA) is 55.8 Å². The first-order valence-corrected chi connectivity index (χ1v) is 9.05. The number of amides is 1. The van der Waals surface area contributed by atoms with Crippen LogP contribution < -0.4 is 4.74 Å². The van der Waals surface area contributed by atoms with E-state index in [1.807, 2.05) is 12.3 Å². The average molecular weight is 337 g/mol. The van der Waals surface area contributed by atoms with Gasteiger partial charge in [0.1, 0.15) is 11.3 Å². The third-order valence-corrected chi connectivity index (χ3v) is 4.64. The summed E-state index contributed by atoms with van der Waals surface area (Å²) in [6, 6.07) is 5.29. The summed E-state index contributed by atoms with van der Waals surface area (Å²) in [6.07, 6.45) is 6.30. The van der Waals surface area contributed by atoms with Crippen LogP contribution in [0.5, 0.6) is 5.75 Å². The van der Waals surface area contributed by atoms with Crippen LogP contribution in [0.4, 0.5) is 0 Å². The summed E-state index contributed by atoms with van der Waals surface area (Å²) in [5.74, 6) is -0.193. The van der Waals surface area contributed by atoms with Crippen molar-refractivity contribution in [2.24, 2.45) is 0 Å². The fourth-order valence-corrected chi connectivity index (χ4v) is 3.01.